The van der Waals surface area contributed by atoms with Crippen LogP contribution in [0.4, 0.5) is 5.69 Å². The molecule has 3 aromatic rings. The van der Waals surface area contributed by atoms with Crippen LogP contribution < -0.4 is 20.1 Å². The van der Waals surface area contributed by atoms with Gasteiger partial charge in [0.15, 0.2) is 11.5 Å². The van der Waals surface area contributed by atoms with Gasteiger partial charge >= 0.3 is 0 Å². The first-order valence-corrected chi connectivity index (χ1v) is 9.99. The number of fused-ring (bicyclic) bond motifs is 1. The minimum absolute atomic E-state index is 0.0266. The average molecular weight is 445 g/mol. The van der Waals surface area contributed by atoms with Crippen molar-refractivity contribution < 1.29 is 24.0 Å². The fraction of sp³-hybridized carbons (Fsp3) is 0.0833. The monoisotopic (exact) mass is 445 g/mol. The van der Waals surface area contributed by atoms with Crippen LogP contribution in [-0.2, 0) is 11.3 Å². The molecule has 3 aromatic carbocycles. The second kappa shape index (κ2) is 9.65. The summed E-state index contributed by atoms with van der Waals surface area (Å²) < 4.78 is 10.7. The molecule has 0 aromatic heterocycles. The van der Waals surface area contributed by atoms with Gasteiger partial charge in [-0.25, -0.2) is 0 Å². The predicted octanol–water partition coefficient (Wildman–Crippen LogP) is 3.41. The average Bonchev–Trinajstić information content (AvgIpc) is 3.30. The smallest absolute Gasteiger partial charge is 0.270 e. The number of nitrogens with zero attached hydrogens (tertiary/aromatic N) is 1. The zero-order chi connectivity index (χ0) is 23.2. The number of ether oxygens (including phenoxy) is 2. The Balaban J connectivity index is 1.59. The first-order valence-electron chi connectivity index (χ1n) is 9.99. The molecule has 1 heterocycles. The lowest BCUT2D eigenvalue weighted by molar-refractivity contribution is -0.384. The van der Waals surface area contributed by atoms with Crippen LogP contribution in [0.3, 0.4) is 0 Å². The summed E-state index contributed by atoms with van der Waals surface area (Å²) in [5.74, 6) is -0.0588. The van der Waals surface area contributed by atoms with E-state index in [4.69, 9.17) is 9.47 Å². The SMILES string of the molecule is O=C(NCc1ccccc1)/C(=C/c1ccc2c(c1)OCO2)NC(=O)c1cccc([N+](=O)[O-])c1. The topological polar surface area (TPSA) is 120 Å². The van der Waals surface area contributed by atoms with E-state index in [-0.39, 0.29) is 30.3 Å². The number of hydrogen-bond donors (Lipinski definition) is 2. The molecule has 0 unspecified atom stereocenters. The molecule has 0 fully saturated rings. The van der Waals surface area contributed by atoms with Crippen LogP contribution in [0, 0.1) is 10.1 Å². The standard InChI is InChI=1S/C24H19N3O6/c28-23(18-7-4-8-19(13-18)27(30)31)26-20(24(29)25-14-16-5-2-1-3-6-16)11-17-9-10-21-22(12-17)33-15-32-21/h1-13H,14-15H2,(H,25,29)(H,26,28)/b20-11-. The highest BCUT2D eigenvalue weighted by molar-refractivity contribution is 6.05. The fourth-order valence-corrected chi connectivity index (χ4v) is 3.16. The van der Waals surface area contributed by atoms with Gasteiger partial charge in [0.25, 0.3) is 17.5 Å². The summed E-state index contributed by atoms with van der Waals surface area (Å²) in [5, 5.41) is 16.4. The lowest BCUT2D eigenvalue weighted by atomic mass is 10.1. The quantitative estimate of drug-likeness (QED) is 0.327. The largest absolute Gasteiger partial charge is 0.454 e. The first-order chi connectivity index (χ1) is 16.0. The first kappa shape index (κ1) is 21.6. The second-order valence-electron chi connectivity index (χ2n) is 7.10. The van der Waals surface area contributed by atoms with E-state index in [9.17, 15) is 19.7 Å². The highest BCUT2D eigenvalue weighted by Crippen LogP contribution is 2.33. The maximum absolute atomic E-state index is 12.9. The van der Waals surface area contributed by atoms with E-state index in [0.717, 1.165) is 11.6 Å². The Labute approximate surface area is 188 Å². The molecule has 4 rings (SSSR count). The minimum Gasteiger partial charge on any atom is -0.454 e. The third-order valence-electron chi connectivity index (χ3n) is 4.82. The van der Waals surface area contributed by atoms with Gasteiger partial charge in [0, 0.05) is 24.2 Å². The molecule has 0 saturated heterocycles. The van der Waals surface area contributed by atoms with E-state index in [1.54, 1.807) is 18.2 Å². The summed E-state index contributed by atoms with van der Waals surface area (Å²) in [4.78, 5) is 36.2. The molecular weight excluding hydrogens is 426 g/mol. The molecule has 0 atom stereocenters. The summed E-state index contributed by atoms with van der Waals surface area (Å²) in [5.41, 5.74) is 1.29. The van der Waals surface area contributed by atoms with Crippen molar-refractivity contribution in [1.82, 2.24) is 10.6 Å². The van der Waals surface area contributed by atoms with Crippen LogP contribution in [0.1, 0.15) is 21.5 Å². The molecule has 2 N–H and O–H groups in total. The summed E-state index contributed by atoms with van der Waals surface area (Å²) in [6.07, 6.45) is 1.50. The molecule has 0 spiro atoms. The van der Waals surface area contributed by atoms with Gasteiger partial charge in [0.2, 0.25) is 6.79 Å². The van der Waals surface area contributed by atoms with E-state index in [2.05, 4.69) is 10.6 Å². The number of rotatable bonds is 7. The van der Waals surface area contributed by atoms with Crippen LogP contribution >= 0.6 is 0 Å². The zero-order valence-corrected chi connectivity index (χ0v) is 17.3. The Hall–Kier alpha value is -4.66. The molecule has 9 nitrogen and oxygen atoms in total. The van der Waals surface area contributed by atoms with Crippen molar-refractivity contribution in [3.05, 3.63) is 105 Å². The normalized spacial score (nSPS) is 12.2. The third kappa shape index (κ3) is 5.34. The molecule has 0 radical (unpaired) electrons. The van der Waals surface area contributed by atoms with Crippen molar-refractivity contribution in [2.45, 2.75) is 6.54 Å². The van der Waals surface area contributed by atoms with Crippen molar-refractivity contribution >= 4 is 23.6 Å². The van der Waals surface area contributed by atoms with E-state index < -0.39 is 16.7 Å². The maximum Gasteiger partial charge on any atom is 0.270 e. The van der Waals surface area contributed by atoms with Crippen molar-refractivity contribution in [2.24, 2.45) is 0 Å². The molecule has 2 amide bonds. The van der Waals surface area contributed by atoms with Gasteiger partial charge in [-0.2, -0.15) is 0 Å². The van der Waals surface area contributed by atoms with Gasteiger partial charge in [0.1, 0.15) is 5.70 Å². The van der Waals surface area contributed by atoms with Gasteiger partial charge in [-0.15, -0.1) is 0 Å². The number of non-ortho nitro benzene ring substituents is 1. The Morgan fingerprint density at radius 2 is 1.76 bits per heavy atom. The molecule has 0 bridgehead atoms. The summed E-state index contributed by atoms with van der Waals surface area (Å²) in [6.45, 7) is 0.362. The summed E-state index contributed by atoms with van der Waals surface area (Å²) >= 11 is 0. The van der Waals surface area contributed by atoms with Crippen molar-refractivity contribution in [1.29, 1.82) is 0 Å². The van der Waals surface area contributed by atoms with Crippen LogP contribution in [0.5, 0.6) is 11.5 Å². The molecular formula is C24H19N3O6. The molecule has 0 saturated carbocycles. The van der Waals surface area contributed by atoms with E-state index in [1.165, 1.54) is 24.3 Å². The molecule has 9 heteroatoms. The van der Waals surface area contributed by atoms with Crippen LogP contribution in [0.25, 0.3) is 6.08 Å². The number of carbonyl (C=O) groups excluding carboxylic acids is 2. The van der Waals surface area contributed by atoms with Gasteiger partial charge < -0.3 is 20.1 Å². The second-order valence-corrected chi connectivity index (χ2v) is 7.10. The van der Waals surface area contributed by atoms with Gasteiger partial charge in [-0.1, -0.05) is 42.5 Å². The number of carbonyl (C=O) groups is 2. The Morgan fingerprint density at radius 1 is 0.970 bits per heavy atom. The third-order valence-corrected chi connectivity index (χ3v) is 4.82. The van der Waals surface area contributed by atoms with Gasteiger partial charge in [-0.05, 0) is 35.4 Å². The molecule has 166 valence electrons. The van der Waals surface area contributed by atoms with E-state index >= 15 is 0 Å². The van der Waals surface area contributed by atoms with Gasteiger partial charge in [-0.3, -0.25) is 19.7 Å². The van der Waals surface area contributed by atoms with Crippen molar-refractivity contribution in [3.8, 4) is 11.5 Å². The zero-order valence-electron chi connectivity index (χ0n) is 17.3. The van der Waals surface area contributed by atoms with Crippen LogP contribution in [0.15, 0.2) is 78.5 Å². The van der Waals surface area contributed by atoms with Crippen LogP contribution in [-0.4, -0.2) is 23.5 Å². The number of nitro benzene ring substituents is 1. The predicted molar refractivity (Wildman–Crippen MR) is 119 cm³/mol. The fourth-order valence-electron chi connectivity index (χ4n) is 3.16. The Bertz CT molecular complexity index is 1240. The Kier molecular flexibility index (Phi) is 6.31. The molecule has 0 aliphatic carbocycles. The minimum atomic E-state index is -0.652. The number of nitro groups is 1. The van der Waals surface area contributed by atoms with Crippen molar-refractivity contribution in [2.75, 3.05) is 6.79 Å². The maximum atomic E-state index is 12.9. The van der Waals surface area contributed by atoms with Gasteiger partial charge in [0.05, 0.1) is 4.92 Å². The highest BCUT2D eigenvalue weighted by Gasteiger charge is 2.18. The number of benzene rings is 3. The number of amides is 2. The number of nitrogens with one attached hydrogen (secondary N) is 2. The molecule has 33 heavy (non-hydrogen) atoms. The summed E-state index contributed by atoms with van der Waals surface area (Å²) in [7, 11) is 0. The molecule has 1 aliphatic rings. The van der Waals surface area contributed by atoms with E-state index in [0.29, 0.717) is 17.1 Å². The van der Waals surface area contributed by atoms with E-state index in [1.807, 2.05) is 30.3 Å². The lowest BCUT2D eigenvalue weighted by Gasteiger charge is -2.12. The summed E-state index contributed by atoms with van der Waals surface area (Å²) in [6, 6.07) is 19.7. The Morgan fingerprint density at radius 3 is 2.55 bits per heavy atom. The number of hydrogen-bond acceptors (Lipinski definition) is 6. The highest BCUT2D eigenvalue weighted by atomic mass is 16.7. The lowest BCUT2D eigenvalue weighted by Crippen LogP contribution is -2.34. The molecule has 1 aliphatic heterocycles. The van der Waals surface area contributed by atoms with Crippen molar-refractivity contribution in [3.63, 3.8) is 0 Å². The van der Waals surface area contributed by atoms with Crippen LogP contribution in [0.2, 0.25) is 0 Å².